The molecule has 2 nitrogen and oxygen atoms in total. The van der Waals surface area contributed by atoms with Crippen molar-refractivity contribution in [1.29, 1.82) is 0 Å². The summed E-state index contributed by atoms with van der Waals surface area (Å²) < 4.78 is 1.13. The molecular formula is C17H27BrN2. The van der Waals surface area contributed by atoms with Crippen molar-refractivity contribution >= 4 is 15.9 Å². The van der Waals surface area contributed by atoms with Crippen LogP contribution in [-0.4, -0.2) is 24.5 Å². The molecule has 0 radical (unpaired) electrons. The molecule has 1 fully saturated rings. The van der Waals surface area contributed by atoms with Gasteiger partial charge in [-0.05, 0) is 62.9 Å². The number of rotatable bonds is 5. The number of likely N-dealkylation sites (tertiary alicyclic amines) is 1. The van der Waals surface area contributed by atoms with E-state index in [1.807, 2.05) is 6.07 Å². The number of benzene rings is 1. The Bertz CT molecular complexity index is 408. The van der Waals surface area contributed by atoms with Crippen LogP contribution in [0.25, 0.3) is 0 Å². The van der Waals surface area contributed by atoms with Gasteiger partial charge in [-0.3, -0.25) is 0 Å². The van der Waals surface area contributed by atoms with E-state index in [0.29, 0.717) is 0 Å². The maximum Gasteiger partial charge on any atom is 0.0318 e. The van der Waals surface area contributed by atoms with E-state index in [0.717, 1.165) is 23.4 Å². The lowest BCUT2D eigenvalue weighted by Crippen LogP contribution is -2.28. The lowest BCUT2D eigenvalue weighted by molar-refractivity contribution is 0.269. The molecule has 3 heteroatoms. The van der Waals surface area contributed by atoms with Gasteiger partial charge in [-0.25, -0.2) is 0 Å². The molecule has 0 spiro atoms. The summed E-state index contributed by atoms with van der Waals surface area (Å²) in [6, 6.07) is 8.45. The van der Waals surface area contributed by atoms with Crippen LogP contribution in [0, 0.1) is 5.92 Å². The zero-order valence-corrected chi connectivity index (χ0v) is 14.1. The van der Waals surface area contributed by atoms with Crippen LogP contribution < -0.4 is 5.73 Å². The van der Waals surface area contributed by atoms with Crippen LogP contribution in [0.4, 0.5) is 0 Å². The molecular weight excluding hydrogens is 312 g/mol. The molecule has 2 rings (SSSR count). The third-order valence-corrected chi connectivity index (χ3v) is 5.30. The Morgan fingerprint density at radius 1 is 1.30 bits per heavy atom. The first-order chi connectivity index (χ1) is 9.70. The molecule has 1 aliphatic heterocycles. The van der Waals surface area contributed by atoms with Crippen molar-refractivity contribution in [1.82, 2.24) is 4.90 Å². The second-order valence-corrected chi connectivity index (χ2v) is 6.82. The fraction of sp³-hybridized carbons (Fsp3) is 0.647. The van der Waals surface area contributed by atoms with Crippen molar-refractivity contribution in [3.63, 3.8) is 0 Å². The van der Waals surface area contributed by atoms with Crippen LogP contribution in [0.5, 0.6) is 0 Å². The SMILES string of the molecule is CCC1CCCN(CCC(N)c2ccccc2Br)CC1. The van der Waals surface area contributed by atoms with E-state index in [4.69, 9.17) is 5.73 Å². The molecule has 1 heterocycles. The van der Waals surface area contributed by atoms with Gasteiger partial charge in [-0.15, -0.1) is 0 Å². The van der Waals surface area contributed by atoms with Gasteiger partial charge >= 0.3 is 0 Å². The van der Waals surface area contributed by atoms with Crippen molar-refractivity contribution < 1.29 is 0 Å². The van der Waals surface area contributed by atoms with Gasteiger partial charge in [-0.2, -0.15) is 0 Å². The minimum absolute atomic E-state index is 0.135. The van der Waals surface area contributed by atoms with Crippen LogP contribution in [0.3, 0.4) is 0 Å². The molecule has 0 amide bonds. The predicted molar refractivity (Wildman–Crippen MR) is 89.8 cm³/mol. The van der Waals surface area contributed by atoms with Gasteiger partial charge in [0.05, 0.1) is 0 Å². The number of hydrogen-bond donors (Lipinski definition) is 1. The van der Waals surface area contributed by atoms with Gasteiger partial charge in [0.15, 0.2) is 0 Å². The van der Waals surface area contributed by atoms with Gasteiger partial charge in [0.2, 0.25) is 0 Å². The molecule has 0 aromatic heterocycles. The molecule has 1 aliphatic rings. The average Bonchev–Trinajstić information content (AvgIpc) is 2.70. The van der Waals surface area contributed by atoms with Crippen LogP contribution in [0.2, 0.25) is 0 Å². The summed E-state index contributed by atoms with van der Waals surface area (Å²) in [5, 5.41) is 0. The van der Waals surface area contributed by atoms with E-state index in [-0.39, 0.29) is 6.04 Å². The van der Waals surface area contributed by atoms with E-state index < -0.39 is 0 Å². The molecule has 0 bridgehead atoms. The van der Waals surface area contributed by atoms with E-state index in [1.165, 1.54) is 44.3 Å². The summed E-state index contributed by atoms with van der Waals surface area (Å²) in [4.78, 5) is 2.60. The first kappa shape index (κ1) is 16.0. The lowest BCUT2D eigenvalue weighted by Gasteiger charge is -2.22. The molecule has 1 saturated heterocycles. The summed E-state index contributed by atoms with van der Waals surface area (Å²) in [5.74, 6) is 0.942. The van der Waals surface area contributed by atoms with Crippen molar-refractivity contribution in [3.8, 4) is 0 Å². The highest BCUT2D eigenvalue weighted by Crippen LogP contribution is 2.25. The molecule has 1 aromatic carbocycles. The van der Waals surface area contributed by atoms with Gasteiger partial charge in [0, 0.05) is 10.5 Å². The highest BCUT2D eigenvalue weighted by Gasteiger charge is 2.17. The number of halogens is 1. The fourth-order valence-electron chi connectivity index (χ4n) is 3.11. The quantitative estimate of drug-likeness (QED) is 0.864. The van der Waals surface area contributed by atoms with E-state index in [1.54, 1.807) is 0 Å². The predicted octanol–water partition coefficient (Wildman–Crippen LogP) is 4.35. The van der Waals surface area contributed by atoms with Gasteiger partial charge < -0.3 is 10.6 Å². The first-order valence-electron chi connectivity index (χ1n) is 7.93. The summed E-state index contributed by atoms with van der Waals surface area (Å²) >= 11 is 3.60. The Hall–Kier alpha value is -0.380. The zero-order valence-electron chi connectivity index (χ0n) is 12.5. The van der Waals surface area contributed by atoms with E-state index in [2.05, 4.69) is 46.0 Å². The van der Waals surface area contributed by atoms with E-state index in [9.17, 15) is 0 Å². The van der Waals surface area contributed by atoms with Crippen molar-refractivity contribution in [2.45, 2.75) is 45.1 Å². The molecule has 0 aliphatic carbocycles. The number of nitrogens with zero attached hydrogens (tertiary/aromatic N) is 1. The summed E-state index contributed by atoms with van der Waals surface area (Å²) in [6.07, 6.45) is 6.50. The van der Waals surface area contributed by atoms with Crippen molar-refractivity contribution in [2.24, 2.45) is 11.7 Å². The Morgan fingerprint density at radius 2 is 2.10 bits per heavy atom. The number of hydrogen-bond acceptors (Lipinski definition) is 2. The van der Waals surface area contributed by atoms with Crippen molar-refractivity contribution in [2.75, 3.05) is 19.6 Å². The Balaban J connectivity index is 1.81. The largest absolute Gasteiger partial charge is 0.324 e. The highest BCUT2D eigenvalue weighted by atomic mass is 79.9. The molecule has 2 N–H and O–H groups in total. The summed E-state index contributed by atoms with van der Waals surface area (Å²) in [6.45, 7) is 5.95. The van der Waals surface area contributed by atoms with Crippen LogP contribution in [0.1, 0.15) is 50.6 Å². The lowest BCUT2D eigenvalue weighted by atomic mass is 9.98. The zero-order chi connectivity index (χ0) is 14.4. The monoisotopic (exact) mass is 338 g/mol. The minimum Gasteiger partial charge on any atom is -0.324 e. The Morgan fingerprint density at radius 3 is 2.85 bits per heavy atom. The van der Waals surface area contributed by atoms with Crippen LogP contribution in [0.15, 0.2) is 28.7 Å². The second kappa shape index (κ2) is 8.16. The standard InChI is InChI=1S/C17H27BrN2/c1-2-14-6-5-11-20(12-9-14)13-10-17(19)15-7-3-4-8-16(15)18/h3-4,7-8,14,17H,2,5-6,9-13,19H2,1H3. The minimum atomic E-state index is 0.135. The molecule has 0 saturated carbocycles. The van der Waals surface area contributed by atoms with Crippen LogP contribution in [-0.2, 0) is 0 Å². The smallest absolute Gasteiger partial charge is 0.0318 e. The Kier molecular flexibility index (Phi) is 6.53. The molecule has 20 heavy (non-hydrogen) atoms. The van der Waals surface area contributed by atoms with Crippen molar-refractivity contribution in [3.05, 3.63) is 34.3 Å². The normalized spacial score (nSPS) is 22.4. The third kappa shape index (κ3) is 4.57. The number of nitrogens with two attached hydrogens (primary N) is 1. The topological polar surface area (TPSA) is 29.3 Å². The molecule has 2 atom stereocenters. The third-order valence-electron chi connectivity index (χ3n) is 4.58. The van der Waals surface area contributed by atoms with Gasteiger partial charge in [0.1, 0.15) is 0 Å². The Labute approximate surface area is 131 Å². The fourth-order valence-corrected chi connectivity index (χ4v) is 3.69. The van der Waals surface area contributed by atoms with Gasteiger partial charge in [0.25, 0.3) is 0 Å². The first-order valence-corrected chi connectivity index (χ1v) is 8.72. The second-order valence-electron chi connectivity index (χ2n) is 5.96. The molecule has 112 valence electrons. The average molecular weight is 339 g/mol. The van der Waals surface area contributed by atoms with Crippen LogP contribution >= 0.6 is 15.9 Å². The maximum absolute atomic E-state index is 6.35. The van der Waals surface area contributed by atoms with E-state index >= 15 is 0 Å². The molecule has 1 aromatic rings. The summed E-state index contributed by atoms with van der Waals surface area (Å²) in [7, 11) is 0. The highest BCUT2D eigenvalue weighted by molar-refractivity contribution is 9.10. The van der Waals surface area contributed by atoms with Gasteiger partial charge in [-0.1, -0.05) is 47.5 Å². The summed E-state index contributed by atoms with van der Waals surface area (Å²) in [5.41, 5.74) is 7.58. The molecule has 2 unspecified atom stereocenters. The maximum atomic E-state index is 6.35.